The number of aliphatic hydroxyl groups excluding tert-OH is 2. The van der Waals surface area contributed by atoms with Gasteiger partial charge in [0.1, 0.15) is 0 Å². The third-order valence-electron chi connectivity index (χ3n) is 5.32. The minimum atomic E-state index is -1.01. The molecule has 4 N–H and O–H groups in total. The maximum atomic E-state index is 10.4. The van der Waals surface area contributed by atoms with Crippen molar-refractivity contribution < 1.29 is 34.6 Å². The van der Waals surface area contributed by atoms with Gasteiger partial charge in [-0.3, -0.25) is 0 Å². The van der Waals surface area contributed by atoms with Gasteiger partial charge >= 0.3 is 0 Å². The summed E-state index contributed by atoms with van der Waals surface area (Å²) in [5.41, 5.74) is 1.74. The fraction of sp³-hybridized carbons (Fsp3) is 0.429. The zero-order valence-corrected chi connectivity index (χ0v) is 15.9. The first-order valence-electron chi connectivity index (χ1n) is 9.13. The molecule has 4 unspecified atom stereocenters. The molecule has 1 fully saturated rings. The van der Waals surface area contributed by atoms with E-state index in [0.717, 1.165) is 11.1 Å². The maximum Gasteiger partial charge on any atom is 0.160 e. The highest BCUT2D eigenvalue weighted by Crippen LogP contribution is 2.38. The molecular weight excluding hydrogens is 364 g/mol. The molecule has 1 saturated heterocycles. The fourth-order valence-corrected chi connectivity index (χ4v) is 3.78. The molecule has 0 spiro atoms. The second kappa shape index (κ2) is 8.68. The van der Waals surface area contributed by atoms with Crippen LogP contribution < -0.4 is 9.47 Å². The summed E-state index contributed by atoms with van der Waals surface area (Å²) in [7, 11) is 2.96. The summed E-state index contributed by atoms with van der Waals surface area (Å²) in [5.74, 6) is 0.255. The number of hydrogen-bond acceptors (Lipinski definition) is 7. The average molecular weight is 390 g/mol. The Bertz CT molecular complexity index is 807. The predicted octanol–water partition coefficient (Wildman–Crippen LogP) is 1.84. The number of phenolic OH excluding ortho intramolecular Hbond substituents is 2. The smallest absolute Gasteiger partial charge is 0.160 e. The quantitative estimate of drug-likeness (QED) is 0.571. The van der Waals surface area contributed by atoms with Crippen LogP contribution in [0.4, 0.5) is 0 Å². The third kappa shape index (κ3) is 4.16. The van der Waals surface area contributed by atoms with Gasteiger partial charge in [-0.1, -0.05) is 12.1 Å². The Balaban J connectivity index is 1.76. The number of rotatable bonds is 7. The molecule has 0 radical (unpaired) electrons. The van der Waals surface area contributed by atoms with E-state index in [1.807, 2.05) is 0 Å². The summed E-state index contributed by atoms with van der Waals surface area (Å²) in [6.45, 7) is -0.128. The third-order valence-corrected chi connectivity index (χ3v) is 5.32. The van der Waals surface area contributed by atoms with Crippen molar-refractivity contribution in [1.82, 2.24) is 0 Å². The summed E-state index contributed by atoms with van der Waals surface area (Å²) in [4.78, 5) is 0. The highest BCUT2D eigenvalue weighted by molar-refractivity contribution is 5.43. The molecule has 2 aromatic rings. The lowest BCUT2D eigenvalue weighted by atomic mass is 9.84. The number of aliphatic hydroxyl groups is 2. The van der Waals surface area contributed by atoms with E-state index >= 15 is 0 Å². The standard InChI is InChI=1S/C21H26O7/c1-26-19-9-12(3-5-16(19)23)7-14-15(11-22)18(28-21(14)25)8-13-4-6-17(24)20(10-13)27-2/h3-6,9-10,14-15,18,21-25H,7-8,11H2,1-2H3. The van der Waals surface area contributed by atoms with Crippen molar-refractivity contribution in [1.29, 1.82) is 0 Å². The molecule has 0 bridgehead atoms. The van der Waals surface area contributed by atoms with Crippen LogP contribution in [-0.2, 0) is 17.6 Å². The summed E-state index contributed by atoms with van der Waals surface area (Å²) in [6.07, 6.45) is -0.452. The first-order chi connectivity index (χ1) is 13.5. The molecule has 0 aromatic heterocycles. The molecule has 0 saturated carbocycles. The van der Waals surface area contributed by atoms with Crippen molar-refractivity contribution in [3.63, 3.8) is 0 Å². The van der Waals surface area contributed by atoms with E-state index in [-0.39, 0.29) is 36.0 Å². The van der Waals surface area contributed by atoms with E-state index in [1.54, 1.807) is 36.4 Å². The van der Waals surface area contributed by atoms with Gasteiger partial charge in [0.25, 0.3) is 0 Å². The summed E-state index contributed by atoms with van der Waals surface area (Å²) < 4.78 is 16.0. The Morgan fingerprint density at radius 1 is 0.857 bits per heavy atom. The second-order valence-corrected chi connectivity index (χ2v) is 7.00. The number of methoxy groups -OCH3 is 2. The summed E-state index contributed by atoms with van der Waals surface area (Å²) in [5, 5.41) is 39.9. The summed E-state index contributed by atoms with van der Waals surface area (Å²) >= 11 is 0. The lowest BCUT2D eigenvalue weighted by Crippen LogP contribution is -2.28. The van der Waals surface area contributed by atoms with E-state index in [2.05, 4.69) is 0 Å². The van der Waals surface area contributed by atoms with E-state index < -0.39 is 6.29 Å². The molecule has 3 rings (SSSR count). The molecule has 2 aromatic carbocycles. The molecule has 28 heavy (non-hydrogen) atoms. The topological polar surface area (TPSA) is 109 Å². The van der Waals surface area contributed by atoms with Crippen LogP contribution in [0.5, 0.6) is 23.0 Å². The van der Waals surface area contributed by atoms with Gasteiger partial charge < -0.3 is 34.6 Å². The Labute approximate surface area is 163 Å². The van der Waals surface area contributed by atoms with Crippen molar-refractivity contribution >= 4 is 0 Å². The van der Waals surface area contributed by atoms with Crippen LogP contribution in [0.15, 0.2) is 36.4 Å². The molecule has 7 heteroatoms. The first-order valence-corrected chi connectivity index (χ1v) is 9.13. The van der Waals surface area contributed by atoms with E-state index in [9.17, 15) is 20.4 Å². The Morgan fingerprint density at radius 2 is 1.39 bits per heavy atom. The van der Waals surface area contributed by atoms with Crippen LogP contribution in [0.1, 0.15) is 11.1 Å². The van der Waals surface area contributed by atoms with Gasteiger partial charge in [-0.2, -0.15) is 0 Å². The highest BCUT2D eigenvalue weighted by Gasteiger charge is 2.43. The molecule has 4 atom stereocenters. The van der Waals surface area contributed by atoms with Crippen molar-refractivity contribution in [3.8, 4) is 23.0 Å². The van der Waals surface area contributed by atoms with E-state index in [4.69, 9.17) is 14.2 Å². The highest BCUT2D eigenvalue weighted by atomic mass is 16.6. The molecule has 152 valence electrons. The molecule has 0 amide bonds. The number of aromatic hydroxyl groups is 2. The minimum absolute atomic E-state index is 0.0485. The van der Waals surface area contributed by atoms with E-state index in [0.29, 0.717) is 24.3 Å². The van der Waals surface area contributed by atoms with Gasteiger partial charge in [0.05, 0.1) is 20.3 Å². The Morgan fingerprint density at radius 3 is 1.89 bits per heavy atom. The van der Waals surface area contributed by atoms with Crippen LogP contribution >= 0.6 is 0 Å². The fourth-order valence-electron chi connectivity index (χ4n) is 3.78. The van der Waals surface area contributed by atoms with Crippen LogP contribution in [-0.4, -0.2) is 53.6 Å². The van der Waals surface area contributed by atoms with Crippen LogP contribution in [0.3, 0.4) is 0 Å². The zero-order valence-electron chi connectivity index (χ0n) is 15.9. The lowest BCUT2D eigenvalue weighted by molar-refractivity contribution is -0.107. The summed E-state index contributed by atoms with van der Waals surface area (Å²) in [6, 6.07) is 10.1. The molecular formula is C21H26O7. The molecule has 1 aliphatic rings. The van der Waals surface area contributed by atoms with Crippen molar-refractivity contribution in [2.24, 2.45) is 11.8 Å². The molecule has 0 aliphatic carbocycles. The lowest BCUT2D eigenvalue weighted by Gasteiger charge is -2.21. The van der Waals surface area contributed by atoms with Crippen LogP contribution in [0.25, 0.3) is 0 Å². The van der Waals surface area contributed by atoms with Crippen LogP contribution in [0, 0.1) is 11.8 Å². The number of benzene rings is 2. The average Bonchev–Trinajstić information content (AvgIpc) is 2.98. The largest absolute Gasteiger partial charge is 0.504 e. The number of hydrogen-bond donors (Lipinski definition) is 4. The van der Waals surface area contributed by atoms with Crippen LogP contribution in [0.2, 0.25) is 0 Å². The zero-order chi connectivity index (χ0) is 20.3. The van der Waals surface area contributed by atoms with Gasteiger partial charge in [-0.15, -0.1) is 0 Å². The van der Waals surface area contributed by atoms with Gasteiger partial charge in [-0.25, -0.2) is 0 Å². The number of phenols is 2. The van der Waals surface area contributed by atoms with Gasteiger partial charge in [-0.05, 0) is 48.2 Å². The first kappa shape index (κ1) is 20.3. The van der Waals surface area contributed by atoms with Gasteiger partial charge in [0.15, 0.2) is 29.3 Å². The van der Waals surface area contributed by atoms with Crippen molar-refractivity contribution in [2.45, 2.75) is 25.2 Å². The molecule has 7 nitrogen and oxygen atoms in total. The van der Waals surface area contributed by atoms with Gasteiger partial charge in [0, 0.05) is 18.4 Å². The Kier molecular flexibility index (Phi) is 6.28. The van der Waals surface area contributed by atoms with Crippen molar-refractivity contribution in [3.05, 3.63) is 47.5 Å². The monoisotopic (exact) mass is 390 g/mol. The number of ether oxygens (including phenoxy) is 3. The Hall–Kier alpha value is -2.48. The molecule has 1 heterocycles. The SMILES string of the molecule is COc1cc(CC2OC(O)C(Cc3ccc(O)c(OC)c3)C2CO)ccc1O. The van der Waals surface area contributed by atoms with E-state index in [1.165, 1.54) is 14.2 Å². The molecule has 1 aliphatic heterocycles. The predicted molar refractivity (Wildman–Crippen MR) is 102 cm³/mol. The van der Waals surface area contributed by atoms with Gasteiger partial charge in [0.2, 0.25) is 0 Å². The minimum Gasteiger partial charge on any atom is -0.504 e. The second-order valence-electron chi connectivity index (χ2n) is 7.00. The van der Waals surface area contributed by atoms with Crippen molar-refractivity contribution in [2.75, 3.05) is 20.8 Å². The maximum absolute atomic E-state index is 10.4. The normalized spacial score (nSPS) is 24.3.